The van der Waals surface area contributed by atoms with Crippen LogP contribution in [0.25, 0.3) is 0 Å². The third-order valence-electron chi connectivity index (χ3n) is 2.81. The molecule has 2 nitrogen and oxygen atoms in total. The van der Waals surface area contributed by atoms with Gasteiger partial charge in [-0.2, -0.15) is 0 Å². The number of ether oxygens (including phenoxy) is 1. The fraction of sp³-hybridized carbons (Fsp3) is 0.500. The molecule has 2 heteroatoms. The van der Waals surface area contributed by atoms with Crippen LogP contribution in [0.1, 0.15) is 42.7 Å². The summed E-state index contributed by atoms with van der Waals surface area (Å²) in [6.07, 6.45) is 0.767. The lowest BCUT2D eigenvalue weighted by molar-refractivity contribution is 0.0470. The van der Waals surface area contributed by atoms with E-state index in [1.807, 2.05) is 0 Å². The fourth-order valence-electron chi connectivity index (χ4n) is 1.86. The molecule has 0 saturated heterocycles. The number of hydrogen-bond acceptors (Lipinski definition) is 2. The predicted molar refractivity (Wildman–Crippen MR) is 57.1 cm³/mol. The summed E-state index contributed by atoms with van der Waals surface area (Å²) in [6, 6.07) is 6.52. The molecule has 0 bridgehead atoms. The van der Waals surface area contributed by atoms with Crippen molar-refractivity contribution in [3.63, 3.8) is 0 Å². The van der Waals surface area contributed by atoms with Gasteiger partial charge in [0.05, 0.1) is 6.61 Å². The Morgan fingerprint density at radius 1 is 1.43 bits per heavy atom. The van der Waals surface area contributed by atoms with E-state index in [-0.39, 0.29) is 6.23 Å². The average molecular weight is 191 g/mol. The zero-order chi connectivity index (χ0) is 10.1. The van der Waals surface area contributed by atoms with Crippen molar-refractivity contribution in [2.24, 2.45) is 5.73 Å². The lowest BCUT2D eigenvalue weighted by Gasteiger charge is -2.23. The summed E-state index contributed by atoms with van der Waals surface area (Å²) in [5, 5.41) is 0. The van der Waals surface area contributed by atoms with Gasteiger partial charge in [-0.1, -0.05) is 32.0 Å². The molecule has 1 unspecified atom stereocenters. The predicted octanol–water partition coefficient (Wildman–Crippen LogP) is 2.34. The van der Waals surface area contributed by atoms with Crippen molar-refractivity contribution >= 4 is 0 Å². The van der Waals surface area contributed by atoms with Gasteiger partial charge >= 0.3 is 0 Å². The van der Waals surface area contributed by atoms with E-state index in [9.17, 15) is 0 Å². The maximum Gasteiger partial charge on any atom is 0.132 e. The summed E-state index contributed by atoms with van der Waals surface area (Å²) in [5.41, 5.74) is 9.75. The maximum absolute atomic E-state index is 5.85. The molecule has 0 saturated carbocycles. The summed E-state index contributed by atoms with van der Waals surface area (Å²) in [7, 11) is 0. The number of fused-ring (bicyclic) bond motifs is 1. The molecule has 1 aliphatic heterocycles. The molecule has 76 valence electrons. The van der Waals surface area contributed by atoms with Crippen LogP contribution < -0.4 is 5.73 Å². The van der Waals surface area contributed by atoms with E-state index in [1.165, 1.54) is 11.1 Å². The minimum atomic E-state index is -0.222. The van der Waals surface area contributed by atoms with Gasteiger partial charge in [0.1, 0.15) is 6.23 Å². The van der Waals surface area contributed by atoms with Crippen molar-refractivity contribution < 1.29 is 4.74 Å². The molecule has 0 spiro atoms. The van der Waals surface area contributed by atoms with Crippen molar-refractivity contribution in [1.82, 2.24) is 0 Å². The first-order valence-electron chi connectivity index (χ1n) is 5.18. The van der Waals surface area contributed by atoms with Gasteiger partial charge in [-0.3, -0.25) is 0 Å². The monoisotopic (exact) mass is 191 g/mol. The van der Waals surface area contributed by atoms with Crippen molar-refractivity contribution in [1.29, 1.82) is 0 Å². The molecule has 0 aromatic heterocycles. The molecule has 0 fully saturated rings. The van der Waals surface area contributed by atoms with E-state index in [0.29, 0.717) is 5.92 Å². The van der Waals surface area contributed by atoms with Gasteiger partial charge in [-0.25, -0.2) is 0 Å². The molecule has 2 rings (SSSR count). The van der Waals surface area contributed by atoms with Crippen molar-refractivity contribution in [2.75, 3.05) is 6.61 Å². The van der Waals surface area contributed by atoms with Gasteiger partial charge in [0.25, 0.3) is 0 Å². The summed E-state index contributed by atoms with van der Waals surface area (Å²) < 4.78 is 5.38. The Morgan fingerprint density at radius 2 is 2.21 bits per heavy atom. The molecule has 1 atom stereocenters. The Kier molecular flexibility index (Phi) is 2.57. The fourth-order valence-corrected chi connectivity index (χ4v) is 1.86. The lowest BCUT2D eigenvalue weighted by atomic mass is 9.94. The summed E-state index contributed by atoms with van der Waals surface area (Å²) in [4.78, 5) is 0. The van der Waals surface area contributed by atoms with Crippen LogP contribution in [0, 0.1) is 0 Å². The highest BCUT2D eigenvalue weighted by molar-refractivity contribution is 5.35. The number of hydrogen-bond donors (Lipinski definition) is 1. The molecule has 0 amide bonds. The van der Waals surface area contributed by atoms with Crippen LogP contribution in [0.4, 0.5) is 0 Å². The van der Waals surface area contributed by atoms with Gasteiger partial charge < -0.3 is 10.5 Å². The second kappa shape index (κ2) is 3.71. The Morgan fingerprint density at radius 3 is 2.93 bits per heavy atom. The molecule has 0 radical (unpaired) electrons. The van der Waals surface area contributed by atoms with Gasteiger partial charge in [0.15, 0.2) is 0 Å². The SMILES string of the molecule is CC(C)c1ccc2c(c1)CCOC2N. The largest absolute Gasteiger partial charge is 0.359 e. The average Bonchev–Trinajstić information content (AvgIpc) is 2.17. The smallest absolute Gasteiger partial charge is 0.132 e. The lowest BCUT2D eigenvalue weighted by Crippen LogP contribution is -2.22. The highest BCUT2D eigenvalue weighted by Gasteiger charge is 2.17. The minimum Gasteiger partial charge on any atom is -0.359 e. The number of rotatable bonds is 1. The highest BCUT2D eigenvalue weighted by atomic mass is 16.5. The molecule has 1 aromatic rings. The zero-order valence-corrected chi connectivity index (χ0v) is 8.79. The second-order valence-electron chi connectivity index (χ2n) is 4.15. The van der Waals surface area contributed by atoms with E-state index in [2.05, 4.69) is 32.0 Å². The van der Waals surface area contributed by atoms with Crippen LogP contribution in [0.2, 0.25) is 0 Å². The Balaban J connectivity index is 2.39. The highest BCUT2D eigenvalue weighted by Crippen LogP contribution is 2.26. The summed E-state index contributed by atoms with van der Waals surface area (Å²) in [5.74, 6) is 0.583. The second-order valence-corrected chi connectivity index (χ2v) is 4.15. The van der Waals surface area contributed by atoms with Gasteiger partial charge in [0, 0.05) is 0 Å². The van der Waals surface area contributed by atoms with E-state index in [1.54, 1.807) is 0 Å². The standard InChI is InChI=1S/C12H17NO/c1-8(2)9-3-4-11-10(7-9)5-6-14-12(11)13/h3-4,7-8,12H,5-6,13H2,1-2H3. The Labute approximate surface area is 85.1 Å². The number of benzene rings is 1. The number of nitrogens with two attached hydrogens (primary N) is 1. The van der Waals surface area contributed by atoms with Crippen molar-refractivity contribution in [3.05, 3.63) is 34.9 Å². The van der Waals surface area contributed by atoms with Crippen LogP contribution in [0.5, 0.6) is 0 Å². The quantitative estimate of drug-likeness (QED) is 0.739. The van der Waals surface area contributed by atoms with Crippen LogP contribution in [0.3, 0.4) is 0 Å². The molecule has 1 aromatic carbocycles. The summed E-state index contributed by atoms with van der Waals surface area (Å²) in [6.45, 7) is 5.16. The topological polar surface area (TPSA) is 35.2 Å². The van der Waals surface area contributed by atoms with Gasteiger partial charge in [0.2, 0.25) is 0 Å². The third-order valence-corrected chi connectivity index (χ3v) is 2.81. The molecule has 14 heavy (non-hydrogen) atoms. The molecule has 0 aliphatic carbocycles. The normalized spacial score (nSPS) is 21.0. The maximum atomic E-state index is 5.85. The van der Waals surface area contributed by atoms with E-state index < -0.39 is 0 Å². The van der Waals surface area contributed by atoms with Crippen molar-refractivity contribution in [3.8, 4) is 0 Å². The summed E-state index contributed by atoms with van der Waals surface area (Å²) >= 11 is 0. The van der Waals surface area contributed by atoms with Gasteiger partial charge in [-0.15, -0.1) is 0 Å². The first-order valence-corrected chi connectivity index (χ1v) is 5.18. The van der Waals surface area contributed by atoms with E-state index in [0.717, 1.165) is 18.6 Å². The first kappa shape index (κ1) is 9.69. The van der Waals surface area contributed by atoms with E-state index in [4.69, 9.17) is 10.5 Å². The Bertz CT molecular complexity index is 333. The Hall–Kier alpha value is -0.860. The molecule has 1 heterocycles. The van der Waals surface area contributed by atoms with Crippen molar-refractivity contribution in [2.45, 2.75) is 32.4 Å². The third kappa shape index (κ3) is 1.68. The van der Waals surface area contributed by atoms with E-state index >= 15 is 0 Å². The molecular weight excluding hydrogens is 174 g/mol. The van der Waals surface area contributed by atoms with Crippen LogP contribution >= 0.6 is 0 Å². The molecule has 1 aliphatic rings. The molecular formula is C12H17NO. The van der Waals surface area contributed by atoms with Crippen LogP contribution in [-0.2, 0) is 11.2 Å². The minimum absolute atomic E-state index is 0.222. The van der Waals surface area contributed by atoms with Crippen LogP contribution in [0.15, 0.2) is 18.2 Å². The zero-order valence-electron chi connectivity index (χ0n) is 8.79. The molecule has 2 N–H and O–H groups in total. The first-order chi connectivity index (χ1) is 6.68. The van der Waals surface area contributed by atoms with Crippen LogP contribution in [-0.4, -0.2) is 6.61 Å². The van der Waals surface area contributed by atoms with Gasteiger partial charge in [-0.05, 0) is 29.0 Å².